The molecule has 0 bridgehead atoms. The van der Waals surface area contributed by atoms with Gasteiger partial charge in [-0.2, -0.15) is 0 Å². The van der Waals surface area contributed by atoms with Gasteiger partial charge >= 0.3 is 0 Å². The van der Waals surface area contributed by atoms with E-state index < -0.39 is 17.7 Å². The zero-order chi connectivity index (χ0) is 25.7. The second-order valence-corrected chi connectivity index (χ2v) is 8.64. The van der Waals surface area contributed by atoms with E-state index >= 15 is 0 Å². The van der Waals surface area contributed by atoms with E-state index in [2.05, 4.69) is 0 Å². The Morgan fingerprint density at radius 3 is 2.26 bits per heavy atom. The third kappa shape index (κ3) is 5.55. The van der Waals surface area contributed by atoms with E-state index in [0.29, 0.717) is 41.4 Å². The molecule has 1 aliphatic rings. The standard InChI is InChI=1S/C26H30ClNO7/c1-15(2)35-12-6-11-28-23(16-7-10-20(33-4)21(14-16)34-5)22(25(30)26(28)31)24(29)17-8-9-19(32-3)18(27)13-17/h7-10,13-15,23,29H,6,11-12H2,1-5H3/b24-22-. The molecule has 1 atom stereocenters. The molecule has 0 saturated carbocycles. The van der Waals surface area contributed by atoms with Crippen molar-refractivity contribution in [3.05, 3.63) is 58.1 Å². The Labute approximate surface area is 210 Å². The molecule has 1 saturated heterocycles. The number of benzene rings is 2. The van der Waals surface area contributed by atoms with Crippen LogP contribution in [0.5, 0.6) is 17.2 Å². The molecular formula is C26H30ClNO7. The summed E-state index contributed by atoms with van der Waals surface area (Å²) < 4.78 is 21.5. The number of carbonyl (C=O) groups excluding carboxylic acids is 2. The summed E-state index contributed by atoms with van der Waals surface area (Å²) in [7, 11) is 4.50. The van der Waals surface area contributed by atoms with Crippen molar-refractivity contribution in [2.75, 3.05) is 34.5 Å². The normalized spacial score (nSPS) is 17.2. The lowest BCUT2D eigenvalue weighted by molar-refractivity contribution is -0.140. The molecule has 1 aliphatic heterocycles. The highest BCUT2D eigenvalue weighted by Gasteiger charge is 2.46. The highest BCUT2D eigenvalue weighted by Crippen LogP contribution is 2.42. The summed E-state index contributed by atoms with van der Waals surface area (Å²) in [4.78, 5) is 27.7. The fourth-order valence-corrected chi connectivity index (χ4v) is 4.26. The van der Waals surface area contributed by atoms with E-state index in [4.69, 9.17) is 30.5 Å². The Balaban J connectivity index is 2.11. The number of ketones is 1. The van der Waals surface area contributed by atoms with Crippen LogP contribution in [0.15, 0.2) is 42.0 Å². The highest BCUT2D eigenvalue weighted by atomic mass is 35.5. The first kappa shape index (κ1) is 26.4. The monoisotopic (exact) mass is 503 g/mol. The second kappa shape index (κ2) is 11.5. The lowest BCUT2D eigenvalue weighted by atomic mass is 9.95. The van der Waals surface area contributed by atoms with Crippen LogP contribution in [0.4, 0.5) is 0 Å². The van der Waals surface area contributed by atoms with Gasteiger partial charge in [0.15, 0.2) is 11.5 Å². The summed E-state index contributed by atoms with van der Waals surface area (Å²) in [5.74, 6) is -0.444. The van der Waals surface area contributed by atoms with Crippen LogP contribution in [0.1, 0.15) is 37.4 Å². The number of rotatable bonds is 10. The van der Waals surface area contributed by atoms with Crippen LogP contribution >= 0.6 is 11.6 Å². The predicted molar refractivity (Wildman–Crippen MR) is 132 cm³/mol. The van der Waals surface area contributed by atoms with Crippen molar-refractivity contribution < 1.29 is 33.6 Å². The van der Waals surface area contributed by atoms with E-state index in [1.165, 1.54) is 32.3 Å². The predicted octanol–water partition coefficient (Wildman–Crippen LogP) is 4.60. The second-order valence-electron chi connectivity index (χ2n) is 8.23. The van der Waals surface area contributed by atoms with Crippen molar-refractivity contribution >= 4 is 29.1 Å². The highest BCUT2D eigenvalue weighted by molar-refractivity contribution is 6.46. The van der Waals surface area contributed by atoms with Gasteiger partial charge in [0.1, 0.15) is 11.5 Å². The third-order valence-corrected chi connectivity index (χ3v) is 5.98. The summed E-state index contributed by atoms with van der Waals surface area (Å²) in [5, 5.41) is 11.5. The Hall–Kier alpha value is -3.23. The quantitative estimate of drug-likeness (QED) is 0.219. The maximum absolute atomic E-state index is 13.2. The molecular weight excluding hydrogens is 474 g/mol. The average Bonchev–Trinajstić information content (AvgIpc) is 3.10. The average molecular weight is 504 g/mol. The van der Waals surface area contributed by atoms with E-state index in [0.717, 1.165) is 0 Å². The van der Waals surface area contributed by atoms with Gasteiger partial charge in [0.2, 0.25) is 0 Å². The fourth-order valence-electron chi connectivity index (χ4n) is 4.00. The van der Waals surface area contributed by atoms with Gasteiger partial charge in [-0.05, 0) is 56.2 Å². The molecule has 1 unspecified atom stereocenters. The number of amides is 1. The molecule has 188 valence electrons. The summed E-state index contributed by atoms with van der Waals surface area (Å²) in [6.45, 7) is 4.54. The van der Waals surface area contributed by atoms with E-state index in [9.17, 15) is 14.7 Å². The van der Waals surface area contributed by atoms with Gasteiger partial charge in [-0.15, -0.1) is 0 Å². The molecule has 9 heteroatoms. The third-order valence-electron chi connectivity index (χ3n) is 5.68. The number of hydrogen-bond donors (Lipinski definition) is 1. The number of hydrogen-bond acceptors (Lipinski definition) is 7. The summed E-state index contributed by atoms with van der Waals surface area (Å²) in [5.41, 5.74) is 0.850. The van der Waals surface area contributed by atoms with Crippen LogP contribution in [-0.2, 0) is 14.3 Å². The first-order valence-corrected chi connectivity index (χ1v) is 11.6. The maximum Gasteiger partial charge on any atom is 0.295 e. The van der Waals surface area contributed by atoms with Crippen molar-refractivity contribution in [2.24, 2.45) is 0 Å². The van der Waals surface area contributed by atoms with Gasteiger partial charge in [0, 0.05) is 18.7 Å². The number of nitrogens with zero attached hydrogens (tertiary/aromatic N) is 1. The zero-order valence-electron chi connectivity index (χ0n) is 20.5. The van der Waals surface area contributed by atoms with Crippen molar-refractivity contribution in [2.45, 2.75) is 32.4 Å². The molecule has 3 rings (SSSR count). The molecule has 1 N–H and O–H groups in total. The number of methoxy groups -OCH3 is 3. The number of Topliss-reactive ketones (excluding diaryl/α,β-unsaturated/α-hetero) is 1. The van der Waals surface area contributed by atoms with Crippen molar-refractivity contribution in [3.63, 3.8) is 0 Å². The maximum atomic E-state index is 13.2. The molecule has 2 aromatic carbocycles. The molecule has 0 aliphatic carbocycles. The number of aliphatic hydroxyl groups is 1. The van der Waals surface area contributed by atoms with E-state index in [1.54, 1.807) is 30.3 Å². The summed E-state index contributed by atoms with van der Waals surface area (Å²) >= 11 is 6.25. The largest absolute Gasteiger partial charge is 0.507 e. The van der Waals surface area contributed by atoms with E-state index in [-0.39, 0.29) is 29.0 Å². The molecule has 35 heavy (non-hydrogen) atoms. The number of aliphatic hydroxyl groups excluding tert-OH is 1. The fraction of sp³-hybridized carbons (Fsp3) is 0.385. The summed E-state index contributed by atoms with van der Waals surface area (Å²) in [6, 6.07) is 8.95. The molecule has 2 aromatic rings. The molecule has 8 nitrogen and oxygen atoms in total. The number of halogens is 1. The molecule has 1 amide bonds. The Bertz CT molecular complexity index is 1130. The van der Waals surface area contributed by atoms with Crippen LogP contribution in [-0.4, -0.2) is 62.3 Å². The first-order chi connectivity index (χ1) is 16.7. The van der Waals surface area contributed by atoms with E-state index in [1.807, 2.05) is 13.8 Å². The topological polar surface area (TPSA) is 94.5 Å². The smallest absolute Gasteiger partial charge is 0.295 e. The minimum atomic E-state index is -0.838. The SMILES string of the molecule is COc1ccc(/C(O)=C2/C(=O)C(=O)N(CCCOC(C)C)C2c2ccc(OC)c(OC)c2)cc1Cl. The van der Waals surface area contributed by atoms with Crippen LogP contribution in [0, 0.1) is 0 Å². The van der Waals surface area contributed by atoms with Crippen molar-refractivity contribution in [1.29, 1.82) is 0 Å². The number of carbonyl (C=O) groups is 2. The lowest BCUT2D eigenvalue weighted by Crippen LogP contribution is -2.31. The lowest BCUT2D eigenvalue weighted by Gasteiger charge is -2.26. The Kier molecular flexibility index (Phi) is 8.64. The van der Waals surface area contributed by atoms with Crippen LogP contribution in [0.3, 0.4) is 0 Å². The Morgan fingerprint density at radius 1 is 1.00 bits per heavy atom. The minimum absolute atomic E-state index is 0.0340. The number of ether oxygens (including phenoxy) is 4. The van der Waals surface area contributed by atoms with Crippen LogP contribution < -0.4 is 14.2 Å². The van der Waals surface area contributed by atoms with Gasteiger partial charge in [0.25, 0.3) is 11.7 Å². The van der Waals surface area contributed by atoms with Gasteiger partial charge in [-0.3, -0.25) is 9.59 Å². The minimum Gasteiger partial charge on any atom is -0.507 e. The zero-order valence-corrected chi connectivity index (χ0v) is 21.2. The van der Waals surface area contributed by atoms with Crippen molar-refractivity contribution in [1.82, 2.24) is 4.90 Å². The first-order valence-electron chi connectivity index (χ1n) is 11.2. The van der Waals surface area contributed by atoms with Gasteiger partial charge in [-0.1, -0.05) is 17.7 Å². The molecule has 0 radical (unpaired) electrons. The van der Waals surface area contributed by atoms with Crippen LogP contribution in [0.25, 0.3) is 5.76 Å². The van der Waals surface area contributed by atoms with Crippen molar-refractivity contribution in [3.8, 4) is 17.2 Å². The van der Waals surface area contributed by atoms with Gasteiger partial charge in [-0.25, -0.2) is 0 Å². The van der Waals surface area contributed by atoms with Crippen LogP contribution in [0.2, 0.25) is 5.02 Å². The molecule has 1 heterocycles. The summed E-state index contributed by atoms with van der Waals surface area (Å²) in [6.07, 6.45) is 0.565. The number of likely N-dealkylation sites (tertiary alicyclic amines) is 1. The molecule has 1 fully saturated rings. The molecule has 0 aromatic heterocycles. The Morgan fingerprint density at radius 2 is 1.66 bits per heavy atom. The van der Waals surface area contributed by atoms with Gasteiger partial charge < -0.3 is 29.0 Å². The van der Waals surface area contributed by atoms with Gasteiger partial charge in [0.05, 0.1) is 44.1 Å². The molecule has 0 spiro atoms.